The molecule has 0 bridgehead atoms. The number of ether oxygens (including phenoxy) is 1. The smallest absolute Gasteiger partial charge is 0.337 e. The van der Waals surface area contributed by atoms with E-state index in [2.05, 4.69) is 20.6 Å². The maximum Gasteiger partial charge on any atom is 0.337 e. The predicted molar refractivity (Wildman–Crippen MR) is 106 cm³/mol. The van der Waals surface area contributed by atoms with Gasteiger partial charge in [0.05, 0.1) is 18.2 Å². The van der Waals surface area contributed by atoms with E-state index in [9.17, 15) is 9.59 Å². The molecule has 0 unspecified atom stereocenters. The van der Waals surface area contributed by atoms with Gasteiger partial charge in [0.1, 0.15) is 0 Å². The molecule has 0 atom stereocenters. The lowest BCUT2D eigenvalue weighted by Gasteiger charge is -2.08. The molecule has 0 spiro atoms. The Labute approximate surface area is 162 Å². The van der Waals surface area contributed by atoms with Crippen molar-refractivity contribution in [1.82, 2.24) is 15.3 Å². The van der Waals surface area contributed by atoms with E-state index in [4.69, 9.17) is 4.74 Å². The molecule has 0 aliphatic carbocycles. The zero-order chi connectivity index (χ0) is 19.8. The van der Waals surface area contributed by atoms with Crippen molar-refractivity contribution in [2.24, 2.45) is 0 Å². The number of nitrogens with one attached hydrogen (secondary N) is 2. The fourth-order valence-corrected chi connectivity index (χ4v) is 2.55. The molecule has 1 heterocycles. The topological polar surface area (TPSA) is 93.2 Å². The highest BCUT2D eigenvalue weighted by atomic mass is 16.5. The van der Waals surface area contributed by atoms with Gasteiger partial charge in [0, 0.05) is 24.6 Å². The van der Waals surface area contributed by atoms with Crippen LogP contribution in [-0.4, -0.2) is 35.5 Å². The lowest BCUT2D eigenvalue weighted by Crippen LogP contribution is -2.26. The number of anilines is 2. The fourth-order valence-electron chi connectivity index (χ4n) is 2.55. The van der Waals surface area contributed by atoms with Gasteiger partial charge in [0.2, 0.25) is 5.95 Å². The van der Waals surface area contributed by atoms with Crippen LogP contribution >= 0.6 is 0 Å². The Hall–Kier alpha value is -3.74. The molecule has 0 aliphatic rings. The van der Waals surface area contributed by atoms with Gasteiger partial charge in [-0.25, -0.2) is 14.8 Å². The molecular formula is C21H20N4O3. The Bertz CT molecular complexity index is 943. The summed E-state index contributed by atoms with van der Waals surface area (Å²) in [5, 5.41) is 5.84. The van der Waals surface area contributed by atoms with Crippen molar-refractivity contribution in [3.63, 3.8) is 0 Å². The van der Waals surface area contributed by atoms with Gasteiger partial charge >= 0.3 is 5.97 Å². The molecule has 0 saturated carbocycles. The predicted octanol–water partition coefficient (Wildman–Crippen LogP) is 2.98. The van der Waals surface area contributed by atoms with Gasteiger partial charge in [-0.05, 0) is 30.2 Å². The van der Waals surface area contributed by atoms with Crippen LogP contribution in [0.2, 0.25) is 0 Å². The monoisotopic (exact) mass is 376 g/mol. The molecule has 7 heteroatoms. The van der Waals surface area contributed by atoms with Crippen molar-refractivity contribution in [1.29, 1.82) is 0 Å². The summed E-state index contributed by atoms with van der Waals surface area (Å²) < 4.78 is 4.70. The lowest BCUT2D eigenvalue weighted by molar-refractivity contribution is 0.0600. The van der Waals surface area contributed by atoms with E-state index in [-0.39, 0.29) is 5.91 Å². The van der Waals surface area contributed by atoms with Crippen LogP contribution in [0.25, 0.3) is 0 Å². The van der Waals surface area contributed by atoms with Crippen molar-refractivity contribution < 1.29 is 14.3 Å². The maximum atomic E-state index is 12.2. The summed E-state index contributed by atoms with van der Waals surface area (Å²) in [6, 6.07) is 16.7. The number of esters is 1. The van der Waals surface area contributed by atoms with E-state index < -0.39 is 5.97 Å². The van der Waals surface area contributed by atoms with Crippen molar-refractivity contribution in [3.05, 3.63) is 83.7 Å². The number of carbonyl (C=O) groups excluding carboxylic acids is 2. The number of nitrogens with zero attached hydrogens (tertiary/aromatic N) is 2. The van der Waals surface area contributed by atoms with Crippen molar-refractivity contribution in [2.45, 2.75) is 6.42 Å². The number of aromatic nitrogens is 2. The highest BCUT2D eigenvalue weighted by Crippen LogP contribution is 2.15. The normalized spacial score (nSPS) is 10.2. The van der Waals surface area contributed by atoms with Crippen molar-refractivity contribution in [3.8, 4) is 0 Å². The van der Waals surface area contributed by atoms with Crippen LogP contribution in [0.4, 0.5) is 11.6 Å². The van der Waals surface area contributed by atoms with Crippen LogP contribution in [0.15, 0.2) is 67.0 Å². The second-order valence-electron chi connectivity index (χ2n) is 5.98. The summed E-state index contributed by atoms with van der Waals surface area (Å²) in [7, 11) is 1.33. The van der Waals surface area contributed by atoms with Crippen molar-refractivity contribution >= 4 is 23.5 Å². The summed E-state index contributed by atoms with van der Waals surface area (Å²) in [6.45, 7) is 0.531. The molecule has 0 fully saturated rings. The first-order valence-electron chi connectivity index (χ1n) is 8.75. The highest BCUT2D eigenvalue weighted by Gasteiger charge is 2.09. The molecular weight excluding hydrogens is 356 g/mol. The fraction of sp³-hybridized carbons (Fsp3) is 0.143. The Kier molecular flexibility index (Phi) is 6.30. The van der Waals surface area contributed by atoms with Gasteiger partial charge in [0.25, 0.3) is 5.91 Å². The Morgan fingerprint density at radius 3 is 2.43 bits per heavy atom. The van der Waals surface area contributed by atoms with E-state index in [1.165, 1.54) is 19.5 Å². The van der Waals surface area contributed by atoms with E-state index in [0.29, 0.717) is 29.3 Å². The molecule has 3 rings (SSSR count). The van der Waals surface area contributed by atoms with Crippen LogP contribution in [0.3, 0.4) is 0 Å². The first kappa shape index (κ1) is 19.0. The van der Waals surface area contributed by atoms with E-state index in [1.54, 1.807) is 24.3 Å². The van der Waals surface area contributed by atoms with Gasteiger partial charge in [-0.2, -0.15) is 0 Å². The van der Waals surface area contributed by atoms with Crippen molar-refractivity contribution in [2.75, 3.05) is 19.0 Å². The quantitative estimate of drug-likeness (QED) is 0.616. The minimum Gasteiger partial charge on any atom is -0.465 e. The summed E-state index contributed by atoms with van der Waals surface area (Å²) in [5.41, 5.74) is 2.60. The van der Waals surface area contributed by atoms with Gasteiger partial charge in [-0.15, -0.1) is 0 Å². The number of hydrogen-bond acceptors (Lipinski definition) is 6. The maximum absolute atomic E-state index is 12.2. The number of methoxy groups -OCH3 is 1. The second kappa shape index (κ2) is 9.27. The number of carbonyl (C=O) groups is 2. The van der Waals surface area contributed by atoms with Gasteiger partial charge in [-0.3, -0.25) is 4.79 Å². The largest absolute Gasteiger partial charge is 0.465 e. The standard InChI is InChI=1S/C21H20N4O3/c1-28-20(27)16-8-5-9-18(12-16)25-21-23-13-17(14-24-21)19(26)22-11-10-15-6-3-2-4-7-15/h2-9,12-14H,10-11H2,1H3,(H,22,26)(H,23,24,25). The molecule has 0 aliphatic heterocycles. The first-order chi connectivity index (χ1) is 13.7. The Balaban J connectivity index is 1.56. The second-order valence-corrected chi connectivity index (χ2v) is 5.98. The van der Waals surface area contributed by atoms with Crippen LogP contribution < -0.4 is 10.6 Å². The Morgan fingerprint density at radius 2 is 1.71 bits per heavy atom. The third-order valence-electron chi connectivity index (χ3n) is 4.00. The molecule has 3 aromatic rings. The SMILES string of the molecule is COC(=O)c1cccc(Nc2ncc(C(=O)NCCc3ccccc3)cn2)c1. The molecule has 142 valence electrons. The highest BCUT2D eigenvalue weighted by molar-refractivity contribution is 5.93. The third kappa shape index (κ3) is 5.14. The minimum absolute atomic E-state index is 0.227. The van der Waals surface area contributed by atoms with E-state index in [1.807, 2.05) is 30.3 Å². The Morgan fingerprint density at radius 1 is 0.964 bits per heavy atom. The summed E-state index contributed by atoms with van der Waals surface area (Å²) in [6.07, 6.45) is 3.66. The summed E-state index contributed by atoms with van der Waals surface area (Å²) in [4.78, 5) is 32.1. The molecule has 0 radical (unpaired) electrons. The van der Waals surface area contributed by atoms with Gasteiger partial charge in [-0.1, -0.05) is 36.4 Å². The van der Waals surface area contributed by atoms with Crippen LogP contribution in [-0.2, 0) is 11.2 Å². The van der Waals surface area contributed by atoms with Crippen LogP contribution in [0, 0.1) is 0 Å². The number of rotatable bonds is 7. The van der Waals surface area contributed by atoms with Crippen LogP contribution in [0.5, 0.6) is 0 Å². The average molecular weight is 376 g/mol. The number of amides is 1. The zero-order valence-electron chi connectivity index (χ0n) is 15.4. The molecule has 0 saturated heterocycles. The lowest BCUT2D eigenvalue weighted by atomic mass is 10.1. The van der Waals surface area contributed by atoms with E-state index in [0.717, 1.165) is 12.0 Å². The number of hydrogen-bond donors (Lipinski definition) is 2. The van der Waals surface area contributed by atoms with Crippen LogP contribution in [0.1, 0.15) is 26.3 Å². The van der Waals surface area contributed by atoms with E-state index >= 15 is 0 Å². The zero-order valence-corrected chi connectivity index (χ0v) is 15.4. The average Bonchev–Trinajstić information content (AvgIpc) is 2.74. The third-order valence-corrected chi connectivity index (χ3v) is 4.00. The molecule has 28 heavy (non-hydrogen) atoms. The molecule has 1 aromatic heterocycles. The van der Waals surface area contributed by atoms with Gasteiger partial charge < -0.3 is 15.4 Å². The molecule has 7 nitrogen and oxygen atoms in total. The molecule has 2 N–H and O–H groups in total. The first-order valence-corrected chi connectivity index (χ1v) is 8.75. The van der Waals surface area contributed by atoms with Gasteiger partial charge in [0.15, 0.2) is 0 Å². The summed E-state index contributed by atoms with van der Waals surface area (Å²) >= 11 is 0. The number of benzene rings is 2. The molecule has 1 amide bonds. The summed E-state index contributed by atoms with van der Waals surface area (Å²) in [5.74, 6) is -0.329. The minimum atomic E-state index is -0.424. The molecule has 2 aromatic carbocycles.